The summed E-state index contributed by atoms with van der Waals surface area (Å²) < 4.78 is 10.7. The van der Waals surface area contributed by atoms with Crippen molar-refractivity contribution >= 4 is 30.0 Å². The monoisotopic (exact) mass is 707 g/mol. The van der Waals surface area contributed by atoms with E-state index in [1.165, 1.54) is 0 Å². The number of alkyl carbamates (subject to hydrolysis) is 2. The van der Waals surface area contributed by atoms with Crippen LogP contribution in [0.5, 0.6) is 5.75 Å². The SMILES string of the molecule is Cc1cc(O)cc(C)c1CC(N=C(NC(=O)OCc1ccccc1)NC(=O)OCc1ccccc1)C(=O)NC(C)C(=O)NCCCc1ccccc1. The molecule has 12 nitrogen and oxygen atoms in total. The summed E-state index contributed by atoms with van der Waals surface area (Å²) >= 11 is 0. The fourth-order valence-electron chi connectivity index (χ4n) is 5.32. The van der Waals surface area contributed by atoms with Crippen molar-refractivity contribution in [3.63, 3.8) is 0 Å². The number of rotatable bonds is 14. The Balaban J connectivity index is 1.53. The number of carbonyl (C=O) groups excluding carboxylic acids is 4. The average Bonchev–Trinajstić information content (AvgIpc) is 3.13. The molecule has 2 unspecified atom stereocenters. The number of benzene rings is 4. The van der Waals surface area contributed by atoms with Gasteiger partial charge in [-0.2, -0.15) is 0 Å². The standard InChI is InChI=1S/C40H45N5O7/c1-27-22-33(46)23-28(2)34(27)24-35(37(48)42-29(3)36(47)41-21-13-20-30-14-7-4-8-15-30)43-38(44-39(49)51-25-31-16-9-5-10-17-31)45-40(50)52-26-32-18-11-6-12-19-32/h4-12,14-19,22-23,29,35,46H,13,20-21,24-26H2,1-3H3,(H,41,47)(H,42,48)(H2,43,44,45,49,50). The molecule has 4 aromatic carbocycles. The van der Waals surface area contributed by atoms with Crippen molar-refractivity contribution in [1.82, 2.24) is 21.3 Å². The summed E-state index contributed by atoms with van der Waals surface area (Å²) in [4.78, 5) is 57.2. The molecule has 0 aliphatic carbocycles. The first-order valence-corrected chi connectivity index (χ1v) is 17.0. The molecule has 5 N–H and O–H groups in total. The molecule has 0 aliphatic rings. The summed E-state index contributed by atoms with van der Waals surface area (Å²) in [6, 6.07) is 28.8. The number of ether oxygens (including phenoxy) is 2. The van der Waals surface area contributed by atoms with E-state index in [0.29, 0.717) is 29.7 Å². The quantitative estimate of drug-likeness (QED) is 0.0666. The molecule has 2 atom stereocenters. The molecule has 4 aromatic rings. The number of hydrogen-bond donors (Lipinski definition) is 5. The van der Waals surface area contributed by atoms with E-state index in [4.69, 9.17) is 9.47 Å². The lowest BCUT2D eigenvalue weighted by atomic mass is 9.95. The highest BCUT2D eigenvalue weighted by Gasteiger charge is 2.26. The Labute approximate surface area is 303 Å². The first kappa shape index (κ1) is 38.6. The van der Waals surface area contributed by atoms with E-state index in [9.17, 15) is 24.3 Å². The molecular formula is C40H45N5O7. The van der Waals surface area contributed by atoms with Crippen LogP contribution in [0.25, 0.3) is 0 Å². The minimum atomic E-state index is -1.26. The van der Waals surface area contributed by atoms with Crippen LogP contribution in [0.15, 0.2) is 108 Å². The second-order valence-corrected chi connectivity index (χ2v) is 12.2. The third kappa shape index (κ3) is 12.9. The lowest BCUT2D eigenvalue weighted by Gasteiger charge is -2.21. The van der Waals surface area contributed by atoms with Gasteiger partial charge in [0, 0.05) is 13.0 Å². The topological polar surface area (TPSA) is 167 Å². The zero-order chi connectivity index (χ0) is 37.3. The Morgan fingerprint density at radius 2 is 1.19 bits per heavy atom. The van der Waals surface area contributed by atoms with Gasteiger partial charge in [-0.1, -0.05) is 91.0 Å². The fourth-order valence-corrected chi connectivity index (χ4v) is 5.32. The molecule has 0 spiro atoms. The number of phenols is 1. The van der Waals surface area contributed by atoms with Gasteiger partial charge < -0.3 is 25.2 Å². The first-order chi connectivity index (χ1) is 25.1. The maximum Gasteiger partial charge on any atom is 0.414 e. The molecule has 4 rings (SSSR count). The van der Waals surface area contributed by atoms with E-state index in [2.05, 4.69) is 26.3 Å². The Morgan fingerprint density at radius 1 is 0.712 bits per heavy atom. The van der Waals surface area contributed by atoms with E-state index in [1.807, 2.05) is 42.5 Å². The molecule has 272 valence electrons. The van der Waals surface area contributed by atoms with Gasteiger partial charge in [0.25, 0.3) is 0 Å². The molecule has 0 fully saturated rings. The average molecular weight is 708 g/mol. The lowest BCUT2D eigenvalue weighted by molar-refractivity contribution is -0.129. The summed E-state index contributed by atoms with van der Waals surface area (Å²) in [6.45, 7) is 5.41. The predicted octanol–water partition coefficient (Wildman–Crippen LogP) is 5.38. The number of aryl methyl sites for hydroxylation is 3. The molecule has 0 bridgehead atoms. The van der Waals surface area contributed by atoms with E-state index in [0.717, 1.165) is 23.1 Å². The van der Waals surface area contributed by atoms with Crippen LogP contribution in [0.1, 0.15) is 46.7 Å². The molecule has 0 saturated heterocycles. The second kappa shape index (κ2) is 19.9. The lowest BCUT2D eigenvalue weighted by Crippen LogP contribution is -2.50. The summed E-state index contributed by atoms with van der Waals surface area (Å²) in [5.74, 6) is -1.36. The number of nitrogens with zero attached hydrogens (tertiary/aromatic N) is 1. The second-order valence-electron chi connectivity index (χ2n) is 12.2. The molecule has 0 saturated carbocycles. The Morgan fingerprint density at radius 3 is 1.69 bits per heavy atom. The van der Waals surface area contributed by atoms with Crippen molar-refractivity contribution in [1.29, 1.82) is 0 Å². The molecule has 0 radical (unpaired) electrons. The van der Waals surface area contributed by atoms with Gasteiger partial charge in [0.05, 0.1) is 0 Å². The van der Waals surface area contributed by atoms with Crippen LogP contribution in [0.3, 0.4) is 0 Å². The zero-order valence-corrected chi connectivity index (χ0v) is 29.6. The van der Waals surface area contributed by atoms with Gasteiger partial charge in [-0.3, -0.25) is 20.2 Å². The molecule has 0 aromatic heterocycles. The van der Waals surface area contributed by atoms with Crippen LogP contribution in [-0.2, 0) is 45.1 Å². The van der Waals surface area contributed by atoms with Crippen molar-refractivity contribution in [3.8, 4) is 5.75 Å². The minimum absolute atomic E-state index is 0.000179. The largest absolute Gasteiger partial charge is 0.508 e. The van der Waals surface area contributed by atoms with Gasteiger partial charge in [-0.25, -0.2) is 14.6 Å². The summed E-state index contributed by atoms with van der Waals surface area (Å²) in [7, 11) is 0. The Kier molecular flexibility index (Phi) is 14.8. The van der Waals surface area contributed by atoms with Crippen molar-refractivity contribution < 1.29 is 33.8 Å². The van der Waals surface area contributed by atoms with Crippen molar-refractivity contribution in [2.45, 2.75) is 65.3 Å². The number of nitrogens with one attached hydrogen (secondary N) is 4. The van der Waals surface area contributed by atoms with Crippen molar-refractivity contribution in [2.75, 3.05) is 6.54 Å². The number of phenolic OH excluding ortho intramolecular Hbond substituents is 1. The van der Waals surface area contributed by atoms with E-state index in [1.54, 1.807) is 81.4 Å². The number of hydrogen-bond acceptors (Lipinski definition) is 8. The Bertz CT molecular complexity index is 1740. The van der Waals surface area contributed by atoms with Gasteiger partial charge in [-0.05, 0) is 79.1 Å². The van der Waals surface area contributed by atoms with Crippen LogP contribution in [0.4, 0.5) is 9.59 Å². The predicted molar refractivity (Wildman–Crippen MR) is 197 cm³/mol. The number of guanidine groups is 1. The minimum Gasteiger partial charge on any atom is -0.508 e. The summed E-state index contributed by atoms with van der Waals surface area (Å²) in [5, 5.41) is 20.6. The number of aromatic hydroxyl groups is 1. The maximum absolute atomic E-state index is 13.9. The summed E-state index contributed by atoms with van der Waals surface area (Å²) in [6.07, 6.45) is -0.380. The van der Waals surface area contributed by atoms with Gasteiger partial charge in [-0.15, -0.1) is 0 Å². The van der Waals surface area contributed by atoms with Crippen molar-refractivity contribution in [2.24, 2.45) is 4.99 Å². The van der Waals surface area contributed by atoms with E-state index < -0.39 is 36.1 Å². The molecular weight excluding hydrogens is 662 g/mol. The molecule has 52 heavy (non-hydrogen) atoms. The first-order valence-electron chi connectivity index (χ1n) is 17.0. The fraction of sp³-hybridized carbons (Fsp3) is 0.275. The maximum atomic E-state index is 13.9. The zero-order valence-electron chi connectivity index (χ0n) is 29.6. The van der Waals surface area contributed by atoms with Gasteiger partial charge >= 0.3 is 12.2 Å². The number of amides is 4. The molecule has 12 heteroatoms. The van der Waals surface area contributed by atoms with Crippen LogP contribution in [-0.4, -0.2) is 53.7 Å². The third-order valence-corrected chi connectivity index (χ3v) is 8.07. The normalized spacial score (nSPS) is 11.7. The number of aliphatic imine (C=N–C) groups is 1. The van der Waals surface area contributed by atoms with Crippen LogP contribution in [0, 0.1) is 13.8 Å². The van der Waals surface area contributed by atoms with Crippen molar-refractivity contribution in [3.05, 3.63) is 137 Å². The Hall–Kier alpha value is -6.17. The summed E-state index contributed by atoms with van der Waals surface area (Å²) in [5.41, 5.74) is 4.72. The smallest absolute Gasteiger partial charge is 0.414 e. The highest BCUT2D eigenvalue weighted by Crippen LogP contribution is 2.23. The number of carbonyl (C=O) groups is 4. The van der Waals surface area contributed by atoms with Crippen LogP contribution in [0.2, 0.25) is 0 Å². The van der Waals surface area contributed by atoms with Gasteiger partial charge in [0.1, 0.15) is 31.0 Å². The third-order valence-electron chi connectivity index (χ3n) is 8.07. The highest BCUT2D eigenvalue weighted by atomic mass is 16.6. The molecule has 0 aliphatic heterocycles. The van der Waals surface area contributed by atoms with E-state index >= 15 is 0 Å². The molecule has 0 heterocycles. The molecule has 4 amide bonds. The van der Waals surface area contributed by atoms with Crippen LogP contribution >= 0.6 is 0 Å². The van der Waals surface area contributed by atoms with Gasteiger partial charge in [0.15, 0.2) is 0 Å². The van der Waals surface area contributed by atoms with Crippen LogP contribution < -0.4 is 21.3 Å². The van der Waals surface area contributed by atoms with E-state index in [-0.39, 0.29) is 31.3 Å². The van der Waals surface area contributed by atoms with Gasteiger partial charge in [0.2, 0.25) is 17.8 Å². The highest BCUT2D eigenvalue weighted by molar-refractivity contribution is 6.02.